The molecule has 1 N–H and O–H groups in total. The Balaban J connectivity index is 1.96. The standard InChI is InChI=1S/C18H13F6NO3S2/c1-2-3-9-6-14(26)28-12-7-10(4-5-11(9)12)29-15-25-8-13(30-15)16(27,17(19,20)21)18(22,23)24/h4-8,27H,2-3H2,1H3. The number of rotatable bonds is 5. The molecule has 0 unspecified atom stereocenters. The van der Waals surface area contributed by atoms with Crippen molar-refractivity contribution in [1.29, 1.82) is 0 Å². The molecule has 1 aromatic carbocycles. The van der Waals surface area contributed by atoms with Gasteiger partial charge in [-0.2, -0.15) is 26.3 Å². The van der Waals surface area contributed by atoms with Gasteiger partial charge in [0.1, 0.15) is 5.58 Å². The van der Waals surface area contributed by atoms with E-state index in [4.69, 9.17) is 4.42 Å². The summed E-state index contributed by atoms with van der Waals surface area (Å²) in [4.78, 5) is 14.3. The zero-order chi connectivity index (χ0) is 22.3. The highest BCUT2D eigenvalue weighted by Gasteiger charge is 2.72. The molecule has 3 aromatic rings. The summed E-state index contributed by atoms with van der Waals surface area (Å²) in [5, 5.41) is 10.1. The van der Waals surface area contributed by atoms with Crippen LogP contribution in [0.1, 0.15) is 23.8 Å². The van der Waals surface area contributed by atoms with E-state index in [1.807, 2.05) is 6.92 Å². The second-order valence-corrected chi connectivity index (χ2v) is 8.65. The fraction of sp³-hybridized carbons (Fsp3) is 0.333. The number of alkyl halides is 6. The Morgan fingerprint density at radius 2 is 1.80 bits per heavy atom. The molecule has 0 fully saturated rings. The first kappa shape index (κ1) is 22.6. The minimum Gasteiger partial charge on any atom is -0.423 e. The second-order valence-electron chi connectivity index (χ2n) is 6.30. The number of fused-ring (bicyclic) bond motifs is 1. The summed E-state index contributed by atoms with van der Waals surface area (Å²) in [6.45, 7) is 1.94. The first-order chi connectivity index (χ1) is 13.9. The van der Waals surface area contributed by atoms with E-state index in [1.165, 1.54) is 12.1 Å². The highest BCUT2D eigenvalue weighted by Crippen LogP contribution is 2.52. The molecule has 3 rings (SSSR count). The summed E-state index contributed by atoms with van der Waals surface area (Å²) in [6, 6.07) is 6.08. The largest absolute Gasteiger partial charge is 0.431 e. The van der Waals surface area contributed by atoms with Crippen molar-refractivity contribution in [2.24, 2.45) is 0 Å². The molecule has 0 amide bonds. The monoisotopic (exact) mass is 469 g/mol. The summed E-state index contributed by atoms with van der Waals surface area (Å²) in [5.41, 5.74) is -4.56. The van der Waals surface area contributed by atoms with Crippen molar-refractivity contribution in [2.75, 3.05) is 0 Å². The summed E-state index contributed by atoms with van der Waals surface area (Å²) in [7, 11) is 0. The van der Waals surface area contributed by atoms with Gasteiger partial charge in [0.15, 0.2) is 4.34 Å². The molecule has 0 saturated carbocycles. The fourth-order valence-electron chi connectivity index (χ4n) is 2.76. The normalized spacial score (nSPS) is 13.2. The van der Waals surface area contributed by atoms with E-state index < -0.39 is 28.5 Å². The lowest BCUT2D eigenvalue weighted by atomic mass is 10.0. The summed E-state index contributed by atoms with van der Waals surface area (Å²) >= 11 is 0.863. The SMILES string of the molecule is CCCc1cc(=O)oc2cc(Sc3ncc(C(O)(C(F)(F)F)C(F)(F)F)s3)ccc12. The molecule has 2 aromatic heterocycles. The van der Waals surface area contributed by atoms with Gasteiger partial charge in [0.25, 0.3) is 5.60 Å². The smallest absolute Gasteiger partial charge is 0.423 e. The summed E-state index contributed by atoms with van der Waals surface area (Å²) < 4.78 is 83.0. The van der Waals surface area contributed by atoms with Gasteiger partial charge >= 0.3 is 18.0 Å². The Hall–Kier alpha value is -2.05. The predicted octanol–water partition coefficient (Wildman–Crippen LogP) is 5.67. The van der Waals surface area contributed by atoms with Gasteiger partial charge in [0.05, 0.1) is 4.88 Å². The van der Waals surface area contributed by atoms with Crippen LogP contribution in [0.3, 0.4) is 0 Å². The highest BCUT2D eigenvalue weighted by atomic mass is 32.2. The molecule has 0 radical (unpaired) electrons. The van der Waals surface area contributed by atoms with Crippen LogP contribution in [0.25, 0.3) is 11.0 Å². The highest BCUT2D eigenvalue weighted by molar-refractivity contribution is 8.01. The molecule has 30 heavy (non-hydrogen) atoms. The number of nitrogens with zero attached hydrogens (tertiary/aromatic N) is 1. The van der Waals surface area contributed by atoms with Gasteiger partial charge in [-0.1, -0.05) is 25.1 Å². The Morgan fingerprint density at radius 1 is 1.13 bits per heavy atom. The van der Waals surface area contributed by atoms with Crippen LogP contribution in [0.5, 0.6) is 0 Å². The van der Waals surface area contributed by atoms with E-state index in [0.29, 0.717) is 22.9 Å². The molecule has 0 aliphatic heterocycles. The van der Waals surface area contributed by atoms with Crippen molar-refractivity contribution in [2.45, 2.75) is 47.0 Å². The van der Waals surface area contributed by atoms with Gasteiger partial charge in [0.2, 0.25) is 0 Å². The van der Waals surface area contributed by atoms with E-state index in [1.54, 1.807) is 12.1 Å². The quantitative estimate of drug-likeness (QED) is 0.386. The van der Waals surface area contributed by atoms with Gasteiger partial charge in [-0.15, -0.1) is 11.3 Å². The van der Waals surface area contributed by atoms with Crippen LogP contribution in [-0.4, -0.2) is 22.4 Å². The number of aromatic nitrogens is 1. The molecular formula is C18H13F6NO3S2. The van der Waals surface area contributed by atoms with E-state index in [2.05, 4.69) is 4.98 Å². The molecule has 0 saturated heterocycles. The zero-order valence-electron chi connectivity index (χ0n) is 15.1. The van der Waals surface area contributed by atoms with E-state index in [9.17, 15) is 36.2 Å². The number of hydrogen-bond acceptors (Lipinski definition) is 6. The molecule has 12 heteroatoms. The maximum atomic E-state index is 13.0. The number of thiazole rings is 1. The van der Waals surface area contributed by atoms with Crippen molar-refractivity contribution in [1.82, 2.24) is 4.98 Å². The number of aryl methyl sites for hydroxylation is 1. The third-order valence-corrected chi connectivity index (χ3v) is 6.36. The van der Waals surface area contributed by atoms with E-state index in [0.717, 1.165) is 23.7 Å². The lowest BCUT2D eigenvalue weighted by Crippen LogP contribution is -2.53. The topological polar surface area (TPSA) is 63.3 Å². The van der Waals surface area contributed by atoms with Gasteiger partial charge in [0, 0.05) is 22.5 Å². The molecule has 0 atom stereocenters. The summed E-state index contributed by atoms with van der Waals surface area (Å²) in [6.07, 6.45) is -10.2. The summed E-state index contributed by atoms with van der Waals surface area (Å²) in [5.74, 6) is 0. The second kappa shape index (κ2) is 7.89. The number of hydrogen-bond donors (Lipinski definition) is 1. The first-order valence-corrected chi connectivity index (χ1v) is 10.1. The average molecular weight is 469 g/mol. The van der Waals surface area contributed by atoms with Crippen molar-refractivity contribution in [3.05, 3.63) is 51.3 Å². The Bertz CT molecular complexity index is 1110. The molecule has 162 valence electrons. The number of aliphatic hydroxyl groups is 1. The van der Waals surface area contributed by atoms with Crippen LogP contribution < -0.4 is 5.63 Å². The average Bonchev–Trinajstić information content (AvgIpc) is 3.07. The predicted molar refractivity (Wildman–Crippen MR) is 98.7 cm³/mol. The Kier molecular flexibility index (Phi) is 5.95. The molecule has 0 bridgehead atoms. The van der Waals surface area contributed by atoms with Crippen LogP contribution in [-0.2, 0) is 12.0 Å². The maximum Gasteiger partial charge on any atom is 0.431 e. The van der Waals surface area contributed by atoms with Crippen LogP contribution in [0.15, 0.2) is 48.9 Å². The van der Waals surface area contributed by atoms with Gasteiger partial charge < -0.3 is 9.52 Å². The maximum absolute atomic E-state index is 13.0. The third kappa shape index (κ3) is 4.08. The molecule has 0 spiro atoms. The first-order valence-electron chi connectivity index (χ1n) is 8.43. The minimum absolute atomic E-state index is 0.0777. The molecule has 4 nitrogen and oxygen atoms in total. The Morgan fingerprint density at radius 3 is 2.40 bits per heavy atom. The van der Waals surface area contributed by atoms with Gasteiger partial charge in [-0.3, -0.25) is 0 Å². The van der Waals surface area contributed by atoms with Crippen LogP contribution >= 0.6 is 23.1 Å². The molecular weight excluding hydrogens is 456 g/mol. The van der Waals surface area contributed by atoms with E-state index >= 15 is 0 Å². The van der Waals surface area contributed by atoms with Gasteiger partial charge in [-0.05, 0) is 30.2 Å². The minimum atomic E-state index is -5.97. The van der Waals surface area contributed by atoms with Crippen molar-refractivity contribution in [3.63, 3.8) is 0 Å². The van der Waals surface area contributed by atoms with E-state index in [-0.39, 0.29) is 21.3 Å². The number of benzene rings is 1. The van der Waals surface area contributed by atoms with Crippen LogP contribution in [0.2, 0.25) is 0 Å². The molecule has 2 heterocycles. The van der Waals surface area contributed by atoms with Crippen molar-refractivity contribution >= 4 is 34.1 Å². The zero-order valence-corrected chi connectivity index (χ0v) is 16.7. The molecule has 0 aliphatic rings. The Labute approximate surface area is 173 Å². The van der Waals surface area contributed by atoms with Crippen LogP contribution in [0.4, 0.5) is 26.3 Å². The lowest BCUT2D eigenvalue weighted by molar-refractivity contribution is -0.375. The third-order valence-electron chi connectivity index (χ3n) is 4.19. The fourth-order valence-corrected chi connectivity index (χ4v) is 4.88. The number of halogens is 6. The van der Waals surface area contributed by atoms with Crippen molar-refractivity contribution in [3.8, 4) is 0 Å². The van der Waals surface area contributed by atoms with Crippen LogP contribution in [0, 0.1) is 0 Å². The lowest BCUT2D eigenvalue weighted by Gasteiger charge is -2.30. The molecule has 0 aliphatic carbocycles. The van der Waals surface area contributed by atoms with Gasteiger partial charge in [-0.25, -0.2) is 9.78 Å². The van der Waals surface area contributed by atoms with Crippen molar-refractivity contribution < 1.29 is 35.9 Å².